The van der Waals surface area contributed by atoms with Crippen LogP contribution in [0, 0.1) is 7.14 Å². The number of thioether (sulfide) groups is 1. The van der Waals surface area contributed by atoms with E-state index in [-0.39, 0.29) is 11.1 Å². The van der Waals surface area contributed by atoms with Crippen molar-refractivity contribution < 1.29 is 14.3 Å². The van der Waals surface area contributed by atoms with Gasteiger partial charge in [0.1, 0.15) is 5.75 Å². The lowest BCUT2D eigenvalue weighted by atomic mass is 10.2. The third kappa shape index (κ3) is 3.63. The molecule has 0 saturated carbocycles. The number of imide groups is 1. The molecule has 0 bridgehead atoms. The van der Waals surface area contributed by atoms with Crippen molar-refractivity contribution in [3.8, 4) is 5.75 Å². The molecule has 0 atom stereocenters. The van der Waals surface area contributed by atoms with Crippen LogP contribution in [0.1, 0.15) is 12.5 Å². The second-order valence-corrected chi connectivity index (χ2v) is 7.01. The molecule has 4 nitrogen and oxygen atoms in total. The molecule has 2 rings (SSSR count). The van der Waals surface area contributed by atoms with Crippen LogP contribution >= 0.6 is 56.9 Å². The number of halogens is 2. The molecule has 0 spiro atoms. The van der Waals surface area contributed by atoms with Crippen LogP contribution in [-0.2, 0) is 4.79 Å². The van der Waals surface area contributed by atoms with E-state index in [1.165, 1.54) is 0 Å². The van der Waals surface area contributed by atoms with Crippen molar-refractivity contribution in [1.29, 1.82) is 0 Å². The molecule has 2 amide bonds. The predicted molar refractivity (Wildman–Crippen MR) is 92.2 cm³/mol. The van der Waals surface area contributed by atoms with Crippen LogP contribution in [0.5, 0.6) is 5.75 Å². The molecule has 1 aromatic rings. The van der Waals surface area contributed by atoms with Crippen molar-refractivity contribution in [2.45, 2.75) is 6.92 Å². The van der Waals surface area contributed by atoms with Gasteiger partial charge in [-0.1, -0.05) is 0 Å². The summed E-state index contributed by atoms with van der Waals surface area (Å²) in [6, 6.07) is 3.93. The second-order valence-electron chi connectivity index (χ2n) is 3.59. The quantitative estimate of drug-likeness (QED) is 0.509. The minimum atomic E-state index is -0.355. The van der Waals surface area contributed by atoms with Crippen LogP contribution < -0.4 is 10.1 Å². The lowest BCUT2D eigenvalue weighted by Gasteiger charge is -2.10. The minimum absolute atomic E-state index is 0.338. The monoisotopic (exact) mass is 501 g/mol. The van der Waals surface area contributed by atoms with Gasteiger partial charge >= 0.3 is 0 Å². The number of nitrogens with one attached hydrogen (secondary N) is 1. The molecule has 0 aliphatic carbocycles. The molecule has 1 N–H and O–H groups in total. The maximum Gasteiger partial charge on any atom is 0.290 e. The number of ether oxygens (including phenoxy) is 1. The van der Waals surface area contributed by atoms with Gasteiger partial charge in [0.2, 0.25) is 0 Å². The van der Waals surface area contributed by atoms with Gasteiger partial charge < -0.3 is 4.74 Å². The van der Waals surface area contributed by atoms with E-state index in [1.807, 2.05) is 19.1 Å². The Balaban J connectivity index is 2.46. The van der Waals surface area contributed by atoms with E-state index in [4.69, 9.17) is 4.74 Å². The highest BCUT2D eigenvalue weighted by Crippen LogP contribution is 2.33. The summed E-state index contributed by atoms with van der Waals surface area (Å²) in [5.74, 6) is 0.384. The van der Waals surface area contributed by atoms with Gasteiger partial charge in [0.15, 0.2) is 0 Å². The molecule has 100 valence electrons. The zero-order chi connectivity index (χ0) is 14.0. The van der Waals surface area contributed by atoms with E-state index in [2.05, 4.69) is 50.5 Å². The first-order valence-electron chi connectivity index (χ1n) is 5.38. The molecule has 1 fully saturated rings. The Bertz CT molecular complexity index is 587. The third-order valence-electron chi connectivity index (χ3n) is 2.25. The Labute approximate surface area is 142 Å². The Kier molecular flexibility index (Phi) is 5.12. The summed E-state index contributed by atoms with van der Waals surface area (Å²) in [5, 5.41) is 1.90. The topological polar surface area (TPSA) is 55.4 Å². The number of hydrogen-bond donors (Lipinski definition) is 1. The average Bonchev–Trinajstić information content (AvgIpc) is 2.62. The van der Waals surface area contributed by atoms with Gasteiger partial charge in [-0.25, -0.2) is 0 Å². The van der Waals surface area contributed by atoms with E-state index < -0.39 is 0 Å². The zero-order valence-corrected chi connectivity index (χ0v) is 15.0. The number of hydrogen-bond acceptors (Lipinski definition) is 4. The van der Waals surface area contributed by atoms with E-state index in [0.717, 1.165) is 30.2 Å². The number of benzene rings is 1. The van der Waals surface area contributed by atoms with Crippen LogP contribution in [0.4, 0.5) is 4.79 Å². The molecule has 1 aliphatic rings. The van der Waals surface area contributed by atoms with Crippen LogP contribution in [0.3, 0.4) is 0 Å². The first kappa shape index (κ1) is 15.1. The summed E-state index contributed by atoms with van der Waals surface area (Å²) in [6.45, 7) is 2.45. The maximum absolute atomic E-state index is 11.6. The van der Waals surface area contributed by atoms with Crippen molar-refractivity contribution >= 4 is 74.2 Å². The van der Waals surface area contributed by atoms with Gasteiger partial charge in [0.25, 0.3) is 11.1 Å². The molecule has 0 radical (unpaired) electrons. The number of rotatable bonds is 3. The lowest BCUT2D eigenvalue weighted by Crippen LogP contribution is -2.17. The molecule has 1 aromatic carbocycles. The highest BCUT2D eigenvalue weighted by molar-refractivity contribution is 14.1. The van der Waals surface area contributed by atoms with Crippen LogP contribution in [-0.4, -0.2) is 17.8 Å². The first-order chi connectivity index (χ1) is 9.01. The summed E-state index contributed by atoms with van der Waals surface area (Å²) >= 11 is 5.31. The SMILES string of the molecule is CCOc1c(I)cc(I)cc1C=C1SC(=O)NC1=O. The van der Waals surface area contributed by atoms with Crippen molar-refractivity contribution in [2.75, 3.05) is 6.61 Å². The summed E-state index contributed by atoms with van der Waals surface area (Å²) in [7, 11) is 0. The third-order valence-corrected chi connectivity index (χ3v) is 4.49. The van der Waals surface area contributed by atoms with Gasteiger partial charge in [0.05, 0.1) is 15.1 Å². The largest absolute Gasteiger partial charge is 0.492 e. The second kappa shape index (κ2) is 6.44. The van der Waals surface area contributed by atoms with Crippen molar-refractivity contribution in [3.63, 3.8) is 0 Å². The summed E-state index contributed by atoms with van der Waals surface area (Å²) in [6.07, 6.45) is 1.69. The minimum Gasteiger partial charge on any atom is -0.492 e. The normalized spacial score (nSPS) is 16.9. The van der Waals surface area contributed by atoms with Gasteiger partial charge in [-0.3, -0.25) is 14.9 Å². The Morgan fingerprint density at radius 1 is 1.37 bits per heavy atom. The standard InChI is InChI=1S/C12H9I2NO3S/c1-2-18-10-6(3-7(13)5-8(10)14)4-9-11(16)15-12(17)19-9/h3-5H,2H2,1H3,(H,15,16,17). The maximum atomic E-state index is 11.6. The van der Waals surface area contributed by atoms with Gasteiger partial charge in [-0.15, -0.1) is 0 Å². The van der Waals surface area contributed by atoms with E-state index in [9.17, 15) is 9.59 Å². The first-order valence-corrected chi connectivity index (χ1v) is 8.35. The summed E-state index contributed by atoms with van der Waals surface area (Å²) in [4.78, 5) is 23.1. The number of carbonyl (C=O) groups is 2. The van der Waals surface area contributed by atoms with Crippen molar-refractivity contribution in [2.24, 2.45) is 0 Å². The molecule has 19 heavy (non-hydrogen) atoms. The van der Waals surface area contributed by atoms with Gasteiger partial charge in [-0.2, -0.15) is 0 Å². The molecule has 0 aromatic heterocycles. The molecule has 1 heterocycles. The molecular formula is C12H9I2NO3S. The van der Waals surface area contributed by atoms with Crippen molar-refractivity contribution in [1.82, 2.24) is 5.32 Å². The van der Waals surface area contributed by atoms with Gasteiger partial charge in [-0.05, 0) is 82.1 Å². The lowest BCUT2D eigenvalue weighted by molar-refractivity contribution is -0.115. The summed E-state index contributed by atoms with van der Waals surface area (Å²) in [5.41, 5.74) is 0.811. The Morgan fingerprint density at radius 2 is 2.11 bits per heavy atom. The zero-order valence-electron chi connectivity index (χ0n) is 9.83. The van der Waals surface area contributed by atoms with Crippen molar-refractivity contribution in [3.05, 3.63) is 29.7 Å². The molecule has 1 saturated heterocycles. The smallest absolute Gasteiger partial charge is 0.290 e. The molecule has 7 heteroatoms. The Hall–Kier alpha value is -0.290. The fraction of sp³-hybridized carbons (Fsp3) is 0.167. The van der Waals surface area contributed by atoms with Crippen LogP contribution in [0.25, 0.3) is 6.08 Å². The van der Waals surface area contributed by atoms with E-state index in [0.29, 0.717) is 11.5 Å². The fourth-order valence-corrected chi connectivity index (χ4v) is 4.26. The number of amides is 2. The summed E-state index contributed by atoms with van der Waals surface area (Å²) < 4.78 is 7.64. The molecule has 1 aliphatic heterocycles. The van der Waals surface area contributed by atoms with E-state index >= 15 is 0 Å². The number of carbonyl (C=O) groups excluding carboxylic acids is 2. The molecular weight excluding hydrogens is 492 g/mol. The average molecular weight is 501 g/mol. The molecule has 0 unspecified atom stereocenters. The highest BCUT2D eigenvalue weighted by atomic mass is 127. The predicted octanol–water partition coefficient (Wildman–Crippen LogP) is 3.62. The van der Waals surface area contributed by atoms with Gasteiger partial charge in [0, 0.05) is 9.13 Å². The fourth-order valence-electron chi connectivity index (χ4n) is 1.55. The van der Waals surface area contributed by atoms with E-state index in [1.54, 1.807) is 6.08 Å². The Morgan fingerprint density at radius 3 is 2.68 bits per heavy atom. The highest BCUT2D eigenvalue weighted by Gasteiger charge is 2.25. The van der Waals surface area contributed by atoms with Crippen LogP contribution in [0.15, 0.2) is 17.0 Å². The van der Waals surface area contributed by atoms with Crippen LogP contribution in [0.2, 0.25) is 0 Å².